The van der Waals surface area contributed by atoms with E-state index >= 15 is 0 Å². The fraction of sp³-hybridized carbons (Fsp3) is 0.391. The maximum absolute atomic E-state index is 13.5. The SMILES string of the molecule is COc1ccc(C)c2sc(N(CCCN(C)C)C(=O)c3ccc(C)cc3C)nc12.Cl. The Morgan fingerprint density at radius 2 is 1.80 bits per heavy atom. The fourth-order valence-electron chi connectivity index (χ4n) is 3.41. The second-order valence-electron chi connectivity index (χ2n) is 7.69. The summed E-state index contributed by atoms with van der Waals surface area (Å²) >= 11 is 1.55. The lowest BCUT2D eigenvalue weighted by Crippen LogP contribution is -2.33. The Bertz CT molecular complexity index is 1030. The zero-order valence-electron chi connectivity index (χ0n) is 18.5. The van der Waals surface area contributed by atoms with Crippen LogP contribution in [0.5, 0.6) is 5.75 Å². The Kier molecular flexibility index (Phi) is 8.24. The Morgan fingerprint density at radius 1 is 1.07 bits per heavy atom. The van der Waals surface area contributed by atoms with Crippen molar-refractivity contribution in [2.75, 3.05) is 39.2 Å². The van der Waals surface area contributed by atoms with Crippen molar-refractivity contribution < 1.29 is 9.53 Å². The summed E-state index contributed by atoms with van der Waals surface area (Å²) in [5.41, 5.74) is 4.82. The summed E-state index contributed by atoms with van der Waals surface area (Å²) in [6.07, 6.45) is 0.871. The minimum atomic E-state index is -0.00284. The van der Waals surface area contributed by atoms with Gasteiger partial charge in [0.25, 0.3) is 5.91 Å². The van der Waals surface area contributed by atoms with Gasteiger partial charge in [-0.05, 0) is 71.1 Å². The van der Waals surface area contributed by atoms with E-state index in [-0.39, 0.29) is 18.3 Å². The molecular weight excluding hydrogens is 418 g/mol. The number of ether oxygens (including phenoxy) is 1. The van der Waals surface area contributed by atoms with Gasteiger partial charge in [-0.15, -0.1) is 12.4 Å². The summed E-state index contributed by atoms with van der Waals surface area (Å²) < 4.78 is 6.56. The van der Waals surface area contributed by atoms with E-state index in [4.69, 9.17) is 9.72 Å². The molecule has 2 aromatic carbocycles. The number of methoxy groups -OCH3 is 1. The molecule has 0 aliphatic heterocycles. The van der Waals surface area contributed by atoms with Gasteiger partial charge in [-0.2, -0.15) is 0 Å². The van der Waals surface area contributed by atoms with E-state index in [1.165, 1.54) is 0 Å². The molecule has 0 fully saturated rings. The Labute approximate surface area is 189 Å². The molecule has 0 saturated carbocycles. The normalized spacial score (nSPS) is 10.9. The Hall–Kier alpha value is -2.15. The van der Waals surface area contributed by atoms with Crippen molar-refractivity contribution in [3.8, 4) is 5.75 Å². The van der Waals surface area contributed by atoms with Crippen molar-refractivity contribution >= 4 is 45.0 Å². The Balaban J connectivity index is 0.00000320. The lowest BCUT2D eigenvalue weighted by molar-refractivity contribution is 0.0985. The van der Waals surface area contributed by atoms with Gasteiger partial charge in [-0.25, -0.2) is 4.98 Å². The number of aryl methyl sites for hydroxylation is 3. The van der Waals surface area contributed by atoms with Gasteiger partial charge < -0.3 is 9.64 Å². The summed E-state index contributed by atoms with van der Waals surface area (Å²) in [6.45, 7) is 7.62. The van der Waals surface area contributed by atoms with Gasteiger partial charge in [0, 0.05) is 12.1 Å². The predicted octanol–water partition coefficient (Wildman–Crippen LogP) is 5.25. The molecule has 3 aromatic rings. The fourth-order valence-corrected chi connectivity index (χ4v) is 4.48. The minimum absolute atomic E-state index is 0. The highest BCUT2D eigenvalue weighted by Gasteiger charge is 2.23. The number of benzene rings is 2. The summed E-state index contributed by atoms with van der Waals surface area (Å²) in [6, 6.07) is 9.93. The van der Waals surface area contributed by atoms with E-state index in [1.54, 1.807) is 18.4 Å². The van der Waals surface area contributed by atoms with E-state index in [0.717, 1.165) is 56.3 Å². The molecule has 5 nitrogen and oxygen atoms in total. The van der Waals surface area contributed by atoms with Gasteiger partial charge in [0.1, 0.15) is 11.3 Å². The number of hydrogen-bond acceptors (Lipinski definition) is 5. The lowest BCUT2D eigenvalue weighted by atomic mass is 10.0. The number of carbonyl (C=O) groups excluding carboxylic acids is 1. The molecule has 30 heavy (non-hydrogen) atoms. The molecule has 0 atom stereocenters. The van der Waals surface area contributed by atoms with Crippen LogP contribution in [0.2, 0.25) is 0 Å². The Morgan fingerprint density at radius 3 is 2.43 bits per heavy atom. The number of fused-ring (bicyclic) bond motifs is 1. The lowest BCUT2D eigenvalue weighted by Gasteiger charge is -2.22. The first-order chi connectivity index (χ1) is 13.8. The average Bonchev–Trinajstić information content (AvgIpc) is 3.11. The van der Waals surface area contributed by atoms with Gasteiger partial charge in [0.2, 0.25) is 0 Å². The molecule has 7 heteroatoms. The maximum Gasteiger partial charge on any atom is 0.260 e. The molecule has 0 radical (unpaired) electrons. The second kappa shape index (κ2) is 10.2. The number of thiazole rings is 1. The first-order valence-electron chi connectivity index (χ1n) is 9.79. The first kappa shape index (κ1) is 24.1. The third kappa shape index (κ3) is 5.12. The van der Waals surface area contributed by atoms with Crippen LogP contribution < -0.4 is 9.64 Å². The van der Waals surface area contributed by atoms with Gasteiger partial charge in [0.15, 0.2) is 5.13 Å². The molecular formula is C23H30ClN3O2S. The number of hydrogen-bond donors (Lipinski definition) is 0. The van der Waals surface area contributed by atoms with Gasteiger partial charge in [-0.1, -0.05) is 35.1 Å². The summed E-state index contributed by atoms with van der Waals surface area (Å²) in [5.74, 6) is 0.734. The molecule has 1 heterocycles. The number of amides is 1. The molecule has 162 valence electrons. The number of rotatable bonds is 7. The zero-order chi connectivity index (χ0) is 21.1. The molecule has 0 bridgehead atoms. The third-order valence-electron chi connectivity index (χ3n) is 4.99. The smallest absolute Gasteiger partial charge is 0.260 e. The monoisotopic (exact) mass is 447 g/mol. The van der Waals surface area contributed by atoms with Crippen molar-refractivity contribution in [2.24, 2.45) is 0 Å². The second-order valence-corrected chi connectivity index (χ2v) is 8.67. The number of aromatic nitrogens is 1. The van der Waals surface area contributed by atoms with E-state index in [1.807, 2.05) is 57.1 Å². The summed E-state index contributed by atoms with van der Waals surface area (Å²) in [5, 5.41) is 0.719. The van der Waals surface area contributed by atoms with Crippen molar-refractivity contribution in [3.63, 3.8) is 0 Å². The molecule has 3 rings (SSSR count). The maximum atomic E-state index is 13.5. The van der Waals surface area contributed by atoms with Crippen LogP contribution in [0.15, 0.2) is 30.3 Å². The van der Waals surface area contributed by atoms with E-state index < -0.39 is 0 Å². The molecule has 0 saturated heterocycles. The quantitative estimate of drug-likeness (QED) is 0.496. The van der Waals surface area contributed by atoms with Gasteiger partial charge in [-0.3, -0.25) is 9.69 Å². The molecule has 1 amide bonds. The van der Waals surface area contributed by atoms with Crippen LogP contribution in [-0.4, -0.2) is 50.1 Å². The highest BCUT2D eigenvalue weighted by molar-refractivity contribution is 7.22. The summed E-state index contributed by atoms with van der Waals surface area (Å²) in [4.78, 5) is 22.3. The van der Waals surface area contributed by atoms with Gasteiger partial charge in [0.05, 0.1) is 11.8 Å². The van der Waals surface area contributed by atoms with Crippen LogP contribution in [0.1, 0.15) is 33.5 Å². The van der Waals surface area contributed by atoms with Crippen LogP contribution >= 0.6 is 23.7 Å². The van der Waals surface area contributed by atoms with Crippen molar-refractivity contribution in [1.82, 2.24) is 9.88 Å². The molecule has 1 aromatic heterocycles. The molecule has 0 N–H and O–H groups in total. The number of anilines is 1. The third-order valence-corrected chi connectivity index (χ3v) is 6.20. The van der Waals surface area contributed by atoms with Crippen LogP contribution in [0.25, 0.3) is 10.2 Å². The van der Waals surface area contributed by atoms with E-state index in [9.17, 15) is 4.79 Å². The van der Waals surface area contributed by atoms with Crippen LogP contribution in [0, 0.1) is 20.8 Å². The number of nitrogens with zero attached hydrogens (tertiary/aromatic N) is 3. The van der Waals surface area contributed by atoms with Crippen LogP contribution in [0.3, 0.4) is 0 Å². The minimum Gasteiger partial charge on any atom is -0.494 e. The standard InChI is InChI=1S/C23H29N3O2S.ClH/c1-15-8-10-18(17(3)14-15)22(27)26(13-7-12-25(4)5)23-24-20-19(28-6)11-9-16(2)21(20)29-23;/h8-11,14H,7,12-13H2,1-6H3;1H. The highest BCUT2D eigenvalue weighted by Crippen LogP contribution is 2.37. The first-order valence-corrected chi connectivity index (χ1v) is 10.6. The van der Waals surface area contributed by atoms with Crippen LogP contribution in [-0.2, 0) is 0 Å². The largest absolute Gasteiger partial charge is 0.494 e. The molecule has 0 spiro atoms. The molecule has 0 aliphatic carbocycles. The highest BCUT2D eigenvalue weighted by atomic mass is 35.5. The van der Waals surface area contributed by atoms with Crippen molar-refractivity contribution in [1.29, 1.82) is 0 Å². The average molecular weight is 448 g/mol. The van der Waals surface area contributed by atoms with E-state index in [0.29, 0.717) is 6.54 Å². The molecule has 0 unspecified atom stereocenters. The number of halogens is 1. The van der Waals surface area contributed by atoms with Crippen molar-refractivity contribution in [2.45, 2.75) is 27.2 Å². The number of carbonyl (C=O) groups is 1. The zero-order valence-corrected chi connectivity index (χ0v) is 20.1. The van der Waals surface area contributed by atoms with Gasteiger partial charge >= 0.3 is 0 Å². The summed E-state index contributed by atoms with van der Waals surface area (Å²) in [7, 11) is 5.74. The van der Waals surface area contributed by atoms with Crippen molar-refractivity contribution in [3.05, 3.63) is 52.6 Å². The predicted molar refractivity (Wildman–Crippen MR) is 129 cm³/mol. The van der Waals surface area contributed by atoms with Crippen LogP contribution in [0.4, 0.5) is 5.13 Å². The van der Waals surface area contributed by atoms with E-state index in [2.05, 4.69) is 17.9 Å². The topological polar surface area (TPSA) is 45.7 Å². The molecule has 0 aliphatic rings.